The predicted molar refractivity (Wildman–Crippen MR) is 73.5 cm³/mol. The molecule has 1 unspecified atom stereocenters. The van der Waals surface area contributed by atoms with E-state index < -0.39 is 17.7 Å². The Labute approximate surface area is 116 Å². The molecule has 0 radical (unpaired) electrons. The maximum atomic E-state index is 13.5. The van der Waals surface area contributed by atoms with E-state index in [4.69, 9.17) is 9.84 Å². The maximum absolute atomic E-state index is 13.5. The minimum atomic E-state index is -0.940. The molecule has 0 aliphatic rings. The number of hydrogen-bond acceptors (Lipinski definition) is 2. The van der Waals surface area contributed by atoms with Crippen LogP contribution in [0.3, 0.4) is 0 Å². The van der Waals surface area contributed by atoms with Gasteiger partial charge in [-0.15, -0.1) is 0 Å². The smallest absolute Gasteiger partial charge is 0.304 e. The fourth-order valence-electron chi connectivity index (χ4n) is 2.24. The zero-order valence-corrected chi connectivity index (χ0v) is 11.0. The summed E-state index contributed by atoms with van der Waals surface area (Å²) >= 11 is 0. The molecule has 104 valence electrons. The molecule has 4 heteroatoms. The van der Waals surface area contributed by atoms with Crippen LogP contribution in [0.2, 0.25) is 0 Å². The minimum absolute atomic E-state index is 0.121. The minimum Gasteiger partial charge on any atom is -0.496 e. The molecule has 0 spiro atoms. The van der Waals surface area contributed by atoms with Crippen molar-refractivity contribution in [1.29, 1.82) is 0 Å². The average Bonchev–Trinajstić information content (AvgIpc) is 2.45. The van der Waals surface area contributed by atoms with Gasteiger partial charge < -0.3 is 9.84 Å². The third-order valence-corrected chi connectivity index (χ3v) is 3.15. The van der Waals surface area contributed by atoms with Gasteiger partial charge in [-0.3, -0.25) is 4.79 Å². The van der Waals surface area contributed by atoms with E-state index in [1.807, 2.05) is 30.3 Å². The standard InChI is InChI=1S/C16H15FO3/c1-20-15-8-7-12(17)9-14(15)13(10-16(18)19)11-5-3-2-4-6-11/h2-9,13H,10H2,1H3,(H,18,19). The van der Waals surface area contributed by atoms with Crippen LogP contribution >= 0.6 is 0 Å². The van der Waals surface area contributed by atoms with Crippen LogP contribution in [0.4, 0.5) is 4.39 Å². The van der Waals surface area contributed by atoms with Crippen molar-refractivity contribution in [2.45, 2.75) is 12.3 Å². The lowest BCUT2D eigenvalue weighted by Gasteiger charge is -2.19. The molecule has 1 atom stereocenters. The summed E-state index contributed by atoms with van der Waals surface area (Å²) < 4.78 is 18.7. The van der Waals surface area contributed by atoms with E-state index in [1.54, 1.807) is 0 Å². The monoisotopic (exact) mass is 274 g/mol. The summed E-state index contributed by atoms with van der Waals surface area (Å²) in [6.07, 6.45) is -0.121. The van der Waals surface area contributed by atoms with Crippen LogP contribution < -0.4 is 4.74 Å². The molecule has 2 rings (SSSR count). The van der Waals surface area contributed by atoms with Gasteiger partial charge >= 0.3 is 5.97 Å². The lowest BCUT2D eigenvalue weighted by Crippen LogP contribution is -2.09. The van der Waals surface area contributed by atoms with Crippen LogP contribution in [0.5, 0.6) is 5.75 Å². The quantitative estimate of drug-likeness (QED) is 0.908. The van der Waals surface area contributed by atoms with E-state index in [2.05, 4.69) is 0 Å². The van der Waals surface area contributed by atoms with E-state index in [9.17, 15) is 9.18 Å². The van der Waals surface area contributed by atoms with Crippen LogP contribution in [-0.4, -0.2) is 18.2 Å². The molecule has 0 heterocycles. The summed E-state index contributed by atoms with van der Waals surface area (Å²) in [5.74, 6) is -1.31. The fourth-order valence-corrected chi connectivity index (χ4v) is 2.24. The normalized spacial score (nSPS) is 11.9. The van der Waals surface area contributed by atoms with Crippen molar-refractivity contribution in [2.75, 3.05) is 7.11 Å². The van der Waals surface area contributed by atoms with Gasteiger partial charge in [-0.25, -0.2) is 4.39 Å². The molecule has 0 saturated heterocycles. The first-order valence-corrected chi connectivity index (χ1v) is 6.22. The third-order valence-electron chi connectivity index (χ3n) is 3.15. The molecule has 0 saturated carbocycles. The van der Waals surface area contributed by atoms with Crippen LogP contribution in [0.15, 0.2) is 48.5 Å². The lowest BCUT2D eigenvalue weighted by molar-refractivity contribution is -0.137. The summed E-state index contributed by atoms with van der Waals surface area (Å²) in [5.41, 5.74) is 1.36. The number of aliphatic carboxylic acids is 1. The molecule has 3 nitrogen and oxygen atoms in total. The molecule has 0 aliphatic heterocycles. The van der Waals surface area contributed by atoms with Crippen LogP contribution in [0, 0.1) is 5.82 Å². The molecular weight excluding hydrogens is 259 g/mol. The van der Waals surface area contributed by atoms with E-state index in [0.717, 1.165) is 5.56 Å². The second-order valence-electron chi connectivity index (χ2n) is 4.45. The largest absolute Gasteiger partial charge is 0.496 e. The van der Waals surface area contributed by atoms with E-state index in [-0.39, 0.29) is 6.42 Å². The summed E-state index contributed by atoms with van der Waals surface area (Å²) in [4.78, 5) is 11.1. The van der Waals surface area contributed by atoms with Crippen molar-refractivity contribution in [1.82, 2.24) is 0 Å². The molecule has 1 N–H and O–H groups in total. The topological polar surface area (TPSA) is 46.5 Å². The Kier molecular flexibility index (Phi) is 4.35. The van der Waals surface area contributed by atoms with Gasteiger partial charge in [-0.05, 0) is 23.8 Å². The number of benzene rings is 2. The van der Waals surface area contributed by atoms with Crippen molar-refractivity contribution in [3.8, 4) is 5.75 Å². The van der Waals surface area contributed by atoms with Gasteiger partial charge in [0.1, 0.15) is 11.6 Å². The van der Waals surface area contributed by atoms with Gasteiger partial charge in [0, 0.05) is 11.5 Å². The maximum Gasteiger partial charge on any atom is 0.304 e. The van der Waals surface area contributed by atoms with Gasteiger partial charge in [0.2, 0.25) is 0 Å². The number of hydrogen-bond donors (Lipinski definition) is 1. The average molecular weight is 274 g/mol. The van der Waals surface area contributed by atoms with Gasteiger partial charge in [0.15, 0.2) is 0 Å². The second kappa shape index (κ2) is 6.19. The number of halogens is 1. The van der Waals surface area contributed by atoms with E-state index >= 15 is 0 Å². The zero-order chi connectivity index (χ0) is 14.5. The summed E-state index contributed by atoms with van der Waals surface area (Å²) in [6.45, 7) is 0. The summed E-state index contributed by atoms with van der Waals surface area (Å²) in [7, 11) is 1.49. The predicted octanol–water partition coefficient (Wildman–Crippen LogP) is 3.44. The van der Waals surface area contributed by atoms with E-state index in [1.165, 1.54) is 25.3 Å². The Hall–Kier alpha value is -2.36. The van der Waals surface area contributed by atoms with Crippen LogP contribution in [-0.2, 0) is 4.79 Å². The highest BCUT2D eigenvalue weighted by Crippen LogP contribution is 2.34. The van der Waals surface area contributed by atoms with Crippen molar-refractivity contribution in [3.63, 3.8) is 0 Å². The fraction of sp³-hybridized carbons (Fsp3) is 0.188. The first-order valence-electron chi connectivity index (χ1n) is 6.22. The highest BCUT2D eigenvalue weighted by Gasteiger charge is 2.21. The Morgan fingerprint density at radius 3 is 2.55 bits per heavy atom. The van der Waals surface area contributed by atoms with Crippen LogP contribution in [0.25, 0.3) is 0 Å². The first kappa shape index (κ1) is 14.1. The lowest BCUT2D eigenvalue weighted by atomic mass is 9.88. The molecule has 0 bridgehead atoms. The Morgan fingerprint density at radius 1 is 1.25 bits per heavy atom. The Morgan fingerprint density at radius 2 is 1.95 bits per heavy atom. The molecule has 0 aromatic heterocycles. The van der Waals surface area contributed by atoms with Gasteiger partial charge in [-0.1, -0.05) is 30.3 Å². The molecule has 2 aromatic rings. The van der Waals surface area contributed by atoms with Crippen LogP contribution in [0.1, 0.15) is 23.5 Å². The number of carboxylic acids is 1. The molecule has 0 aliphatic carbocycles. The Bertz CT molecular complexity index is 596. The molecule has 0 amide bonds. The summed E-state index contributed by atoms with van der Waals surface area (Å²) in [5, 5.41) is 9.10. The van der Waals surface area contributed by atoms with Gasteiger partial charge in [0.25, 0.3) is 0 Å². The number of methoxy groups -OCH3 is 1. The van der Waals surface area contributed by atoms with Gasteiger partial charge in [0.05, 0.1) is 13.5 Å². The van der Waals surface area contributed by atoms with Crippen molar-refractivity contribution in [2.24, 2.45) is 0 Å². The zero-order valence-electron chi connectivity index (χ0n) is 11.0. The van der Waals surface area contributed by atoms with Crippen molar-refractivity contribution >= 4 is 5.97 Å². The number of rotatable bonds is 5. The third kappa shape index (κ3) is 3.15. The number of carbonyl (C=O) groups is 1. The number of carboxylic acid groups (broad SMARTS) is 1. The summed E-state index contributed by atoms with van der Waals surface area (Å²) in [6, 6.07) is 13.3. The SMILES string of the molecule is COc1ccc(F)cc1C(CC(=O)O)c1ccccc1. The highest BCUT2D eigenvalue weighted by atomic mass is 19.1. The van der Waals surface area contributed by atoms with Crippen molar-refractivity contribution < 1.29 is 19.0 Å². The Balaban J connectivity index is 2.51. The second-order valence-corrected chi connectivity index (χ2v) is 4.45. The van der Waals surface area contributed by atoms with Gasteiger partial charge in [-0.2, -0.15) is 0 Å². The molecule has 2 aromatic carbocycles. The van der Waals surface area contributed by atoms with Crippen molar-refractivity contribution in [3.05, 3.63) is 65.5 Å². The number of ether oxygens (including phenoxy) is 1. The van der Waals surface area contributed by atoms with E-state index in [0.29, 0.717) is 11.3 Å². The molecule has 20 heavy (non-hydrogen) atoms. The highest BCUT2D eigenvalue weighted by molar-refractivity contribution is 5.69. The molecule has 0 fully saturated rings. The molecular formula is C16H15FO3. The first-order chi connectivity index (χ1) is 9.61.